The Kier molecular flexibility index (Phi) is 7.69. The van der Waals surface area contributed by atoms with E-state index in [1.54, 1.807) is 25.3 Å². The Hall–Kier alpha value is -3.11. The third-order valence-corrected chi connectivity index (χ3v) is 7.75. The van der Waals surface area contributed by atoms with Gasteiger partial charge in [-0.05, 0) is 24.6 Å². The summed E-state index contributed by atoms with van der Waals surface area (Å²) in [6.45, 7) is 1.71. The van der Waals surface area contributed by atoms with Crippen LogP contribution in [0.4, 0.5) is 5.13 Å². The summed E-state index contributed by atoms with van der Waals surface area (Å²) >= 11 is 3.56. The first-order valence-corrected chi connectivity index (χ1v) is 13.0. The van der Waals surface area contributed by atoms with Gasteiger partial charge in [-0.2, -0.15) is 0 Å². The second kappa shape index (κ2) is 10.9. The molecule has 0 aliphatic rings. The highest BCUT2D eigenvalue weighted by Crippen LogP contribution is 2.33. The number of thiazole rings is 1. The van der Waals surface area contributed by atoms with Crippen molar-refractivity contribution in [3.63, 3.8) is 0 Å². The number of carbonyl (C=O) groups excluding carboxylic acids is 2. The molecule has 2 N–H and O–H groups in total. The lowest BCUT2D eigenvalue weighted by molar-refractivity contribution is -0.120. The lowest BCUT2D eigenvalue weighted by atomic mass is 10.0. The van der Waals surface area contributed by atoms with Gasteiger partial charge in [0.15, 0.2) is 5.13 Å². The molecule has 0 saturated carbocycles. The summed E-state index contributed by atoms with van der Waals surface area (Å²) in [5.74, 6) is -0.671. The summed E-state index contributed by atoms with van der Waals surface area (Å²) in [6, 6.07) is 23.5. The standard InChI is InChI=1S/C26H23IN4O2S/c1-26(17-27,31-23(32)20-13-8-14-28-16-20)24(33)30-25-29-22(19-11-6-3-7-12-19)21(34-25)15-18-9-4-2-5-10-18/h2-14,16H,15,17H2,1H3,(H,31,32)(H,29,30,33). The minimum Gasteiger partial charge on any atom is -0.337 e. The van der Waals surface area contributed by atoms with E-state index in [1.165, 1.54) is 23.1 Å². The highest BCUT2D eigenvalue weighted by molar-refractivity contribution is 14.1. The van der Waals surface area contributed by atoms with Gasteiger partial charge in [-0.25, -0.2) is 4.98 Å². The first-order valence-electron chi connectivity index (χ1n) is 10.7. The van der Waals surface area contributed by atoms with E-state index < -0.39 is 5.54 Å². The predicted molar refractivity (Wildman–Crippen MR) is 144 cm³/mol. The maximum Gasteiger partial charge on any atom is 0.253 e. The van der Waals surface area contributed by atoms with Gasteiger partial charge >= 0.3 is 0 Å². The molecule has 0 aliphatic heterocycles. The lowest BCUT2D eigenvalue weighted by Gasteiger charge is -2.27. The quantitative estimate of drug-likeness (QED) is 0.217. The smallest absolute Gasteiger partial charge is 0.253 e. The van der Waals surface area contributed by atoms with Gasteiger partial charge in [-0.1, -0.05) is 83.3 Å². The molecule has 2 aromatic heterocycles. The number of hydrogen-bond acceptors (Lipinski definition) is 5. The van der Waals surface area contributed by atoms with Crippen LogP contribution in [0.15, 0.2) is 85.2 Å². The molecule has 0 spiro atoms. The fourth-order valence-corrected chi connectivity index (χ4v) is 4.88. The zero-order valence-electron chi connectivity index (χ0n) is 18.5. The van der Waals surface area contributed by atoms with Crippen LogP contribution in [0.1, 0.15) is 27.7 Å². The zero-order valence-corrected chi connectivity index (χ0v) is 21.5. The van der Waals surface area contributed by atoms with Crippen molar-refractivity contribution in [3.05, 3.63) is 101 Å². The predicted octanol–water partition coefficient (Wildman–Crippen LogP) is 5.36. The van der Waals surface area contributed by atoms with E-state index >= 15 is 0 Å². The van der Waals surface area contributed by atoms with Gasteiger partial charge in [0.2, 0.25) is 0 Å². The topological polar surface area (TPSA) is 84.0 Å². The summed E-state index contributed by atoms with van der Waals surface area (Å²) < 4.78 is 0.385. The van der Waals surface area contributed by atoms with Crippen molar-refractivity contribution in [3.8, 4) is 11.3 Å². The van der Waals surface area contributed by atoms with Gasteiger partial charge in [0.25, 0.3) is 11.8 Å². The maximum absolute atomic E-state index is 13.3. The van der Waals surface area contributed by atoms with Gasteiger partial charge in [0.1, 0.15) is 5.54 Å². The fourth-order valence-electron chi connectivity index (χ4n) is 3.33. The molecule has 172 valence electrons. The molecule has 0 saturated heterocycles. The Labute approximate surface area is 216 Å². The van der Waals surface area contributed by atoms with Crippen molar-refractivity contribution >= 4 is 50.9 Å². The first-order chi connectivity index (χ1) is 16.5. The first kappa shape index (κ1) is 24.0. The number of hydrogen-bond donors (Lipinski definition) is 2. The van der Waals surface area contributed by atoms with Crippen LogP contribution in [0.5, 0.6) is 0 Å². The van der Waals surface area contributed by atoms with Crippen LogP contribution in [0.25, 0.3) is 11.3 Å². The van der Waals surface area contributed by atoms with Crippen LogP contribution >= 0.6 is 33.9 Å². The van der Waals surface area contributed by atoms with Crippen LogP contribution < -0.4 is 10.6 Å². The van der Waals surface area contributed by atoms with E-state index in [0.29, 0.717) is 21.5 Å². The van der Waals surface area contributed by atoms with E-state index in [-0.39, 0.29) is 11.8 Å². The summed E-state index contributed by atoms with van der Waals surface area (Å²) in [5, 5.41) is 6.29. The number of alkyl halides is 1. The van der Waals surface area contributed by atoms with E-state index in [1.807, 2.05) is 48.5 Å². The van der Waals surface area contributed by atoms with E-state index in [2.05, 4.69) is 50.3 Å². The van der Waals surface area contributed by atoms with E-state index in [4.69, 9.17) is 4.98 Å². The normalized spacial score (nSPS) is 12.5. The molecule has 2 aromatic carbocycles. The van der Waals surface area contributed by atoms with Gasteiger partial charge in [-0.3, -0.25) is 19.9 Å². The van der Waals surface area contributed by atoms with Crippen molar-refractivity contribution in [2.24, 2.45) is 0 Å². The Morgan fingerprint density at radius 3 is 2.35 bits per heavy atom. The number of nitrogens with one attached hydrogen (secondary N) is 2. The molecular formula is C26H23IN4O2S. The van der Waals surface area contributed by atoms with Crippen LogP contribution in [0, 0.1) is 0 Å². The van der Waals surface area contributed by atoms with E-state index in [9.17, 15) is 9.59 Å². The molecule has 8 heteroatoms. The summed E-state index contributed by atoms with van der Waals surface area (Å²) in [5.41, 5.74) is 2.29. The highest BCUT2D eigenvalue weighted by atomic mass is 127. The van der Waals surface area contributed by atoms with E-state index in [0.717, 1.165) is 16.1 Å². The van der Waals surface area contributed by atoms with Gasteiger partial charge in [-0.15, -0.1) is 11.3 Å². The fraction of sp³-hybridized carbons (Fsp3) is 0.154. The van der Waals surface area contributed by atoms with Gasteiger partial charge in [0.05, 0.1) is 11.3 Å². The largest absolute Gasteiger partial charge is 0.337 e. The molecule has 0 aliphatic carbocycles. The number of pyridine rings is 1. The molecule has 6 nitrogen and oxygen atoms in total. The molecule has 0 radical (unpaired) electrons. The third kappa shape index (κ3) is 5.68. The second-order valence-corrected chi connectivity index (χ2v) is 9.78. The average molecular weight is 582 g/mol. The van der Waals surface area contributed by atoms with Crippen LogP contribution in [0.3, 0.4) is 0 Å². The van der Waals surface area contributed by atoms with Crippen LogP contribution in [0.2, 0.25) is 0 Å². The Bertz CT molecular complexity index is 1270. The molecule has 4 aromatic rings. The summed E-state index contributed by atoms with van der Waals surface area (Å²) in [6.07, 6.45) is 3.78. The molecular weight excluding hydrogens is 559 g/mol. The maximum atomic E-state index is 13.3. The number of halogens is 1. The molecule has 2 heterocycles. The molecule has 0 fully saturated rings. The number of rotatable bonds is 8. The van der Waals surface area contributed by atoms with Crippen molar-refractivity contribution in [2.75, 3.05) is 9.74 Å². The van der Waals surface area contributed by atoms with Crippen LogP contribution in [-0.4, -0.2) is 31.7 Å². The average Bonchev–Trinajstić information content (AvgIpc) is 3.27. The molecule has 2 amide bonds. The Morgan fingerprint density at radius 2 is 1.71 bits per heavy atom. The molecule has 1 atom stereocenters. The molecule has 1 unspecified atom stereocenters. The summed E-state index contributed by atoms with van der Waals surface area (Å²) in [4.78, 5) is 35.7. The minimum absolute atomic E-state index is 0.321. The van der Waals surface area contributed by atoms with Crippen molar-refractivity contribution < 1.29 is 9.59 Å². The van der Waals surface area contributed by atoms with Gasteiger partial charge in [0, 0.05) is 33.7 Å². The van der Waals surface area contributed by atoms with Crippen molar-refractivity contribution in [2.45, 2.75) is 18.9 Å². The number of amides is 2. The molecule has 34 heavy (non-hydrogen) atoms. The Balaban J connectivity index is 1.58. The number of carbonyl (C=O) groups is 2. The van der Waals surface area contributed by atoms with Crippen molar-refractivity contribution in [1.82, 2.24) is 15.3 Å². The SMILES string of the molecule is CC(CI)(NC(=O)c1cccnc1)C(=O)Nc1nc(-c2ccccc2)c(Cc2ccccc2)s1. The van der Waals surface area contributed by atoms with Crippen molar-refractivity contribution in [1.29, 1.82) is 0 Å². The van der Waals surface area contributed by atoms with Crippen LogP contribution in [-0.2, 0) is 11.2 Å². The monoisotopic (exact) mass is 582 g/mol. The minimum atomic E-state index is -1.12. The molecule has 4 rings (SSSR count). The Morgan fingerprint density at radius 1 is 1.00 bits per heavy atom. The highest BCUT2D eigenvalue weighted by Gasteiger charge is 2.35. The zero-order chi connectivity index (χ0) is 24.0. The number of aromatic nitrogens is 2. The second-order valence-electron chi connectivity index (χ2n) is 7.93. The van der Waals surface area contributed by atoms with Gasteiger partial charge < -0.3 is 5.32 Å². The number of nitrogens with zero attached hydrogens (tertiary/aromatic N) is 2. The number of anilines is 1. The number of benzene rings is 2. The lowest BCUT2D eigenvalue weighted by Crippen LogP contribution is -2.56. The third-order valence-electron chi connectivity index (χ3n) is 5.25. The molecule has 0 bridgehead atoms. The summed E-state index contributed by atoms with van der Waals surface area (Å²) in [7, 11) is 0.